The first-order valence-electron chi connectivity index (χ1n) is 12.2. The van der Waals surface area contributed by atoms with E-state index in [4.69, 9.17) is 4.98 Å². The fourth-order valence-electron chi connectivity index (χ4n) is 4.03. The standard InChI is InChI=1S/C28H35N3O3S/c1-4-5-10-26-30-22(16-29-27(32)25(35)15-19(2)3)18-31(26)17-20-11-13-21(14-12-20)23-8-6-7-9-24(23)28(33)34/h6-9,11-14,18-19,25,35H,4-5,10,15-17H2,1-3H3,(H,29,32)(H,33,34). The summed E-state index contributed by atoms with van der Waals surface area (Å²) in [6.45, 7) is 7.35. The molecule has 0 saturated carbocycles. The number of unbranched alkanes of at least 4 members (excludes halogenated alkanes) is 1. The molecule has 1 unspecified atom stereocenters. The molecule has 0 fully saturated rings. The van der Waals surface area contributed by atoms with Crippen molar-refractivity contribution >= 4 is 24.5 Å². The minimum absolute atomic E-state index is 0.0658. The molecule has 3 aromatic rings. The van der Waals surface area contributed by atoms with Crippen LogP contribution >= 0.6 is 12.6 Å². The van der Waals surface area contributed by atoms with Crippen LogP contribution in [0.1, 0.15) is 67.5 Å². The van der Waals surface area contributed by atoms with Gasteiger partial charge < -0.3 is 15.0 Å². The highest BCUT2D eigenvalue weighted by atomic mass is 32.1. The molecule has 0 bridgehead atoms. The molecule has 35 heavy (non-hydrogen) atoms. The fraction of sp³-hybridized carbons (Fsp3) is 0.393. The molecule has 6 nitrogen and oxygen atoms in total. The predicted molar refractivity (Wildman–Crippen MR) is 143 cm³/mol. The highest BCUT2D eigenvalue weighted by Gasteiger charge is 2.16. The molecule has 186 valence electrons. The molecule has 1 aromatic heterocycles. The fourth-order valence-corrected chi connectivity index (χ4v) is 4.54. The Kier molecular flexibility index (Phi) is 9.55. The van der Waals surface area contributed by atoms with Crippen molar-refractivity contribution in [1.82, 2.24) is 14.9 Å². The summed E-state index contributed by atoms with van der Waals surface area (Å²) in [5.74, 6) is 0.411. The smallest absolute Gasteiger partial charge is 0.336 e. The molecular formula is C28H35N3O3S. The molecule has 0 saturated heterocycles. The molecule has 0 aliphatic rings. The number of hydrogen-bond acceptors (Lipinski definition) is 4. The van der Waals surface area contributed by atoms with E-state index in [1.807, 2.05) is 42.6 Å². The second kappa shape index (κ2) is 12.6. The maximum absolute atomic E-state index is 12.4. The van der Waals surface area contributed by atoms with E-state index in [9.17, 15) is 14.7 Å². The Balaban J connectivity index is 1.73. The number of imidazole rings is 1. The van der Waals surface area contributed by atoms with Crippen LogP contribution in [0.3, 0.4) is 0 Å². The van der Waals surface area contributed by atoms with Gasteiger partial charge in [0, 0.05) is 19.2 Å². The molecule has 0 aliphatic heterocycles. The van der Waals surface area contributed by atoms with Gasteiger partial charge in [-0.3, -0.25) is 4.79 Å². The first-order valence-corrected chi connectivity index (χ1v) is 12.7. The number of nitrogens with one attached hydrogen (secondary N) is 1. The molecule has 2 N–H and O–H groups in total. The zero-order chi connectivity index (χ0) is 25.4. The van der Waals surface area contributed by atoms with Crippen molar-refractivity contribution < 1.29 is 14.7 Å². The van der Waals surface area contributed by atoms with Crippen molar-refractivity contribution in [2.45, 2.75) is 64.8 Å². The Morgan fingerprint density at radius 1 is 1.11 bits per heavy atom. The SMILES string of the molecule is CCCCc1nc(CNC(=O)C(S)CC(C)C)cn1Cc1ccc(-c2ccccc2C(=O)O)cc1. The lowest BCUT2D eigenvalue weighted by atomic mass is 9.99. The van der Waals surface area contributed by atoms with Gasteiger partial charge in [-0.1, -0.05) is 69.7 Å². The van der Waals surface area contributed by atoms with Crippen molar-refractivity contribution in [2.24, 2.45) is 5.92 Å². The van der Waals surface area contributed by atoms with Gasteiger partial charge in [-0.05, 0) is 41.5 Å². The van der Waals surface area contributed by atoms with Crippen molar-refractivity contribution in [3.05, 3.63) is 77.4 Å². The van der Waals surface area contributed by atoms with Gasteiger partial charge in [0.25, 0.3) is 0 Å². The Hall–Kier alpha value is -3.06. The molecule has 3 rings (SSSR count). The van der Waals surface area contributed by atoms with Crippen LogP contribution < -0.4 is 5.32 Å². The molecule has 0 spiro atoms. The van der Waals surface area contributed by atoms with Crippen LogP contribution in [-0.4, -0.2) is 31.8 Å². The van der Waals surface area contributed by atoms with Crippen molar-refractivity contribution in [2.75, 3.05) is 0 Å². The second-order valence-electron chi connectivity index (χ2n) is 9.29. The average Bonchev–Trinajstić information content (AvgIpc) is 3.22. The average molecular weight is 494 g/mol. The third kappa shape index (κ3) is 7.46. The number of thiol groups is 1. The zero-order valence-corrected chi connectivity index (χ0v) is 21.6. The number of rotatable bonds is 12. The monoisotopic (exact) mass is 493 g/mol. The molecular weight excluding hydrogens is 458 g/mol. The minimum atomic E-state index is -0.934. The van der Waals surface area contributed by atoms with Crippen LogP contribution in [0.25, 0.3) is 11.1 Å². The van der Waals surface area contributed by atoms with Gasteiger partial charge in [0.05, 0.1) is 23.1 Å². The number of aryl methyl sites for hydroxylation is 1. The first kappa shape index (κ1) is 26.5. The van der Waals surface area contributed by atoms with Crippen LogP contribution in [0.5, 0.6) is 0 Å². The second-order valence-corrected chi connectivity index (χ2v) is 9.91. The lowest BCUT2D eigenvalue weighted by Crippen LogP contribution is -2.31. The van der Waals surface area contributed by atoms with Gasteiger partial charge >= 0.3 is 5.97 Å². The lowest BCUT2D eigenvalue weighted by Gasteiger charge is -2.12. The first-order chi connectivity index (χ1) is 16.8. The third-order valence-electron chi connectivity index (χ3n) is 5.88. The minimum Gasteiger partial charge on any atom is -0.478 e. The summed E-state index contributed by atoms with van der Waals surface area (Å²) in [4.78, 5) is 28.7. The van der Waals surface area contributed by atoms with E-state index in [0.717, 1.165) is 48.3 Å². The highest BCUT2D eigenvalue weighted by Crippen LogP contribution is 2.24. The summed E-state index contributed by atoms with van der Waals surface area (Å²) in [7, 11) is 0. The Labute approximate surface area is 213 Å². The number of carbonyl (C=O) groups is 2. The van der Waals surface area contributed by atoms with Gasteiger partial charge in [0.2, 0.25) is 5.91 Å². The van der Waals surface area contributed by atoms with E-state index in [1.54, 1.807) is 12.1 Å². The van der Waals surface area contributed by atoms with Crippen molar-refractivity contribution in [3.63, 3.8) is 0 Å². The molecule has 0 aliphatic carbocycles. The van der Waals surface area contributed by atoms with E-state index < -0.39 is 5.97 Å². The lowest BCUT2D eigenvalue weighted by molar-refractivity contribution is -0.121. The molecule has 2 aromatic carbocycles. The maximum atomic E-state index is 12.4. The third-order valence-corrected chi connectivity index (χ3v) is 6.32. The summed E-state index contributed by atoms with van der Waals surface area (Å²) in [6, 6.07) is 15.0. The molecule has 1 heterocycles. The predicted octanol–water partition coefficient (Wildman–Crippen LogP) is 5.60. The molecule has 7 heteroatoms. The molecule has 1 atom stereocenters. The van der Waals surface area contributed by atoms with E-state index in [1.165, 1.54) is 0 Å². The summed E-state index contributed by atoms with van der Waals surface area (Å²) in [5, 5.41) is 12.1. The Bertz CT molecular complexity index is 1140. The number of nitrogens with zero attached hydrogens (tertiary/aromatic N) is 2. The summed E-state index contributed by atoms with van der Waals surface area (Å²) in [6.07, 6.45) is 5.73. The van der Waals surface area contributed by atoms with Crippen LogP contribution in [0, 0.1) is 5.92 Å². The zero-order valence-electron chi connectivity index (χ0n) is 20.7. The van der Waals surface area contributed by atoms with Crippen LogP contribution in [0.4, 0.5) is 0 Å². The molecule has 1 amide bonds. The van der Waals surface area contributed by atoms with Crippen molar-refractivity contribution in [1.29, 1.82) is 0 Å². The van der Waals surface area contributed by atoms with Gasteiger partial charge in [-0.25, -0.2) is 9.78 Å². The summed E-state index contributed by atoms with van der Waals surface area (Å²) in [5.41, 5.74) is 3.80. The number of aromatic nitrogens is 2. The van der Waals surface area contributed by atoms with Gasteiger partial charge in [-0.2, -0.15) is 12.6 Å². The number of amides is 1. The summed E-state index contributed by atoms with van der Waals surface area (Å²) < 4.78 is 2.14. The number of carboxylic acid groups (broad SMARTS) is 1. The largest absolute Gasteiger partial charge is 0.478 e. The van der Waals surface area contributed by atoms with E-state index >= 15 is 0 Å². The summed E-state index contributed by atoms with van der Waals surface area (Å²) >= 11 is 4.43. The van der Waals surface area contributed by atoms with E-state index in [-0.39, 0.29) is 11.2 Å². The number of aromatic carboxylic acids is 1. The van der Waals surface area contributed by atoms with E-state index in [0.29, 0.717) is 30.1 Å². The number of benzene rings is 2. The highest BCUT2D eigenvalue weighted by molar-refractivity contribution is 7.81. The van der Waals surface area contributed by atoms with Crippen LogP contribution in [0.2, 0.25) is 0 Å². The van der Waals surface area contributed by atoms with E-state index in [2.05, 4.69) is 43.3 Å². The maximum Gasteiger partial charge on any atom is 0.336 e. The topological polar surface area (TPSA) is 84.2 Å². The van der Waals surface area contributed by atoms with Crippen molar-refractivity contribution in [3.8, 4) is 11.1 Å². The van der Waals surface area contributed by atoms with Gasteiger partial charge in [0.1, 0.15) is 5.82 Å². The van der Waals surface area contributed by atoms with Crippen LogP contribution in [0.15, 0.2) is 54.7 Å². The number of hydrogen-bond donors (Lipinski definition) is 3. The normalized spacial score (nSPS) is 12.0. The quantitative estimate of drug-likeness (QED) is 0.287. The Morgan fingerprint density at radius 3 is 2.49 bits per heavy atom. The Morgan fingerprint density at radius 2 is 1.83 bits per heavy atom. The number of carbonyl (C=O) groups excluding carboxylic acids is 1. The van der Waals surface area contributed by atoms with Gasteiger partial charge in [0.15, 0.2) is 0 Å². The van der Waals surface area contributed by atoms with Crippen LogP contribution in [-0.2, 0) is 24.3 Å². The molecule has 0 radical (unpaired) electrons. The van der Waals surface area contributed by atoms with Gasteiger partial charge in [-0.15, -0.1) is 0 Å². The number of carboxylic acids is 1.